The van der Waals surface area contributed by atoms with Crippen molar-refractivity contribution in [1.29, 1.82) is 5.26 Å². The van der Waals surface area contributed by atoms with E-state index in [0.717, 1.165) is 23.1 Å². The van der Waals surface area contributed by atoms with E-state index in [9.17, 15) is 10.0 Å². The minimum atomic E-state index is -0.705. The number of aryl methyl sites for hydroxylation is 2. The van der Waals surface area contributed by atoms with Gasteiger partial charge in [-0.25, -0.2) is 9.78 Å². The number of terminal acetylenes is 1. The van der Waals surface area contributed by atoms with E-state index in [1.165, 1.54) is 11.8 Å². The second kappa shape index (κ2) is 9.39. The highest BCUT2D eigenvalue weighted by atomic mass is 16.5. The number of hydrogen-bond donors (Lipinski definition) is 1. The second-order valence-electron chi connectivity index (χ2n) is 6.78. The van der Waals surface area contributed by atoms with Crippen LogP contribution >= 0.6 is 0 Å². The van der Waals surface area contributed by atoms with Gasteiger partial charge in [-0.3, -0.25) is 0 Å². The molecule has 4 rings (SSSR count). The van der Waals surface area contributed by atoms with Gasteiger partial charge in [0.25, 0.3) is 0 Å². The highest BCUT2D eigenvalue weighted by Gasteiger charge is 2.06. The van der Waals surface area contributed by atoms with E-state index in [4.69, 9.17) is 11.7 Å². The number of aromatic nitrogens is 3. The maximum Gasteiger partial charge on any atom is 0.382 e. The summed E-state index contributed by atoms with van der Waals surface area (Å²) >= 11 is 0. The summed E-state index contributed by atoms with van der Waals surface area (Å²) < 4.78 is 0.447. The van der Waals surface area contributed by atoms with E-state index in [1.807, 2.05) is 24.3 Å². The Labute approximate surface area is 180 Å². The first kappa shape index (κ1) is 21.3. The van der Waals surface area contributed by atoms with Gasteiger partial charge in [-0.2, -0.15) is 10.2 Å². The lowest BCUT2D eigenvalue weighted by Crippen LogP contribution is -2.22. The van der Waals surface area contributed by atoms with Crippen molar-refractivity contribution in [2.75, 3.05) is 0 Å². The smallest absolute Gasteiger partial charge is 0.382 e. The molecule has 0 saturated carbocycles. The van der Waals surface area contributed by atoms with Crippen LogP contribution in [-0.4, -0.2) is 19.9 Å². The topological polar surface area (TPSA) is 91.8 Å². The monoisotopic (exact) mass is 408 g/mol. The standard InChI is InChI=1S/C17H13N.C8H7N3O2/c1-3-13-6-5-7-16(9-13)17-10-14(4-2)8-15(11-17)12-18;1-5-6-3-2-4-9-7(6)11(13)8(12)10-5/h2,5-11H,3H2,1H3;2-4,13H,1H3. The summed E-state index contributed by atoms with van der Waals surface area (Å²) in [5.41, 5.74) is 4.81. The molecule has 2 heterocycles. The lowest BCUT2D eigenvalue weighted by Gasteiger charge is -2.05. The summed E-state index contributed by atoms with van der Waals surface area (Å²) in [7, 11) is 0. The van der Waals surface area contributed by atoms with Crippen LogP contribution in [0.5, 0.6) is 0 Å². The van der Waals surface area contributed by atoms with Crippen molar-refractivity contribution in [2.45, 2.75) is 20.3 Å². The fourth-order valence-corrected chi connectivity index (χ4v) is 3.10. The van der Waals surface area contributed by atoms with E-state index < -0.39 is 5.69 Å². The number of hydrogen-bond acceptors (Lipinski definition) is 5. The van der Waals surface area contributed by atoms with E-state index >= 15 is 0 Å². The number of nitriles is 1. The van der Waals surface area contributed by atoms with Gasteiger partial charge in [0.15, 0.2) is 5.65 Å². The molecule has 4 aromatic rings. The van der Waals surface area contributed by atoms with E-state index in [2.05, 4.69) is 41.0 Å². The molecule has 6 nitrogen and oxygen atoms in total. The molecule has 6 heteroatoms. The molecule has 0 radical (unpaired) electrons. The molecule has 1 N–H and O–H groups in total. The van der Waals surface area contributed by atoms with Crippen LogP contribution in [0.4, 0.5) is 0 Å². The van der Waals surface area contributed by atoms with Crippen molar-refractivity contribution in [1.82, 2.24) is 14.7 Å². The van der Waals surface area contributed by atoms with Gasteiger partial charge in [-0.15, -0.1) is 11.2 Å². The maximum absolute atomic E-state index is 11.0. The molecule has 0 saturated heterocycles. The largest absolute Gasteiger partial charge is 0.422 e. The third kappa shape index (κ3) is 4.77. The second-order valence-corrected chi connectivity index (χ2v) is 6.78. The number of nitrogens with zero attached hydrogens (tertiary/aromatic N) is 4. The van der Waals surface area contributed by atoms with Gasteiger partial charge in [0.05, 0.1) is 17.3 Å². The van der Waals surface area contributed by atoms with Gasteiger partial charge in [0.2, 0.25) is 0 Å². The van der Waals surface area contributed by atoms with Gasteiger partial charge in [-0.05, 0) is 60.4 Å². The summed E-state index contributed by atoms with van der Waals surface area (Å²) in [5.74, 6) is 2.59. The van der Waals surface area contributed by atoms with Crippen molar-refractivity contribution in [3.8, 4) is 29.5 Å². The normalized spacial score (nSPS) is 9.94. The molecule has 31 heavy (non-hydrogen) atoms. The Hall–Kier alpha value is -4.42. The van der Waals surface area contributed by atoms with Gasteiger partial charge in [0.1, 0.15) is 0 Å². The van der Waals surface area contributed by atoms with Crippen LogP contribution in [0.3, 0.4) is 0 Å². The molecule has 2 aromatic carbocycles. The Morgan fingerprint density at radius 3 is 2.58 bits per heavy atom. The minimum absolute atomic E-state index is 0.236. The third-order valence-electron chi connectivity index (χ3n) is 4.72. The molecule has 0 aliphatic carbocycles. The van der Waals surface area contributed by atoms with Gasteiger partial charge in [0, 0.05) is 17.1 Å². The van der Waals surface area contributed by atoms with E-state index in [1.54, 1.807) is 25.1 Å². The molecule has 0 spiro atoms. The predicted octanol–water partition coefficient (Wildman–Crippen LogP) is 4.11. The predicted molar refractivity (Wildman–Crippen MR) is 120 cm³/mol. The summed E-state index contributed by atoms with van der Waals surface area (Å²) in [5, 5.41) is 18.9. The summed E-state index contributed by atoms with van der Waals surface area (Å²) in [6, 6.07) is 19.5. The van der Waals surface area contributed by atoms with Gasteiger partial charge < -0.3 is 5.21 Å². The third-order valence-corrected chi connectivity index (χ3v) is 4.72. The number of benzene rings is 2. The van der Waals surface area contributed by atoms with Crippen molar-refractivity contribution in [2.24, 2.45) is 0 Å². The molecule has 0 atom stereocenters. The van der Waals surface area contributed by atoms with Crippen LogP contribution in [0.15, 0.2) is 65.6 Å². The molecule has 0 unspecified atom stereocenters. The van der Waals surface area contributed by atoms with Crippen LogP contribution in [-0.2, 0) is 6.42 Å². The minimum Gasteiger partial charge on any atom is -0.422 e. The Balaban J connectivity index is 0.000000185. The zero-order chi connectivity index (χ0) is 22.4. The zero-order valence-electron chi connectivity index (χ0n) is 17.2. The van der Waals surface area contributed by atoms with E-state index in [0.29, 0.717) is 21.4 Å². The first-order chi connectivity index (χ1) is 15.0. The number of fused-ring (bicyclic) bond motifs is 1. The molecule has 0 aliphatic heterocycles. The average molecular weight is 408 g/mol. The van der Waals surface area contributed by atoms with Crippen molar-refractivity contribution in [3.05, 3.63) is 93.7 Å². The highest BCUT2D eigenvalue weighted by Crippen LogP contribution is 2.23. The Morgan fingerprint density at radius 1 is 1.10 bits per heavy atom. The SMILES string of the molecule is C#Cc1cc(C#N)cc(-c2cccc(CC)c2)c1.Cc1nc(=O)n(O)c2ncccc12. The van der Waals surface area contributed by atoms with Crippen molar-refractivity contribution < 1.29 is 5.21 Å². The van der Waals surface area contributed by atoms with Gasteiger partial charge in [-0.1, -0.05) is 37.1 Å². The lowest BCUT2D eigenvalue weighted by molar-refractivity contribution is 0.181. The first-order valence-electron chi connectivity index (χ1n) is 9.61. The maximum atomic E-state index is 11.0. The lowest BCUT2D eigenvalue weighted by atomic mass is 9.98. The molecule has 0 fully saturated rings. The fourth-order valence-electron chi connectivity index (χ4n) is 3.10. The molecule has 0 amide bonds. The molecule has 0 aliphatic rings. The Bertz CT molecular complexity index is 1360. The summed E-state index contributed by atoms with van der Waals surface area (Å²) in [4.78, 5) is 18.5. The van der Waals surface area contributed by atoms with E-state index in [-0.39, 0.29) is 5.65 Å². The zero-order valence-corrected chi connectivity index (χ0v) is 17.2. The van der Waals surface area contributed by atoms with Crippen LogP contribution < -0.4 is 5.69 Å². The first-order valence-corrected chi connectivity index (χ1v) is 9.61. The number of rotatable bonds is 2. The summed E-state index contributed by atoms with van der Waals surface area (Å²) in [6.07, 6.45) is 7.92. The van der Waals surface area contributed by atoms with Crippen LogP contribution in [0.25, 0.3) is 22.2 Å². The summed E-state index contributed by atoms with van der Waals surface area (Å²) in [6.45, 7) is 3.82. The van der Waals surface area contributed by atoms with Gasteiger partial charge >= 0.3 is 5.69 Å². The van der Waals surface area contributed by atoms with Crippen molar-refractivity contribution in [3.63, 3.8) is 0 Å². The molecular formula is C25H20N4O2. The van der Waals surface area contributed by atoms with Crippen LogP contribution in [0.2, 0.25) is 0 Å². The molecule has 152 valence electrons. The Kier molecular flexibility index (Phi) is 6.45. The molecular weight excluding hydrogens is 388 g/mol. The highest BCUT2D eigenvalue weighted by molar-refractivity contribution is 5.76. The average Bonchev–Trinajstić information content (AvgIpc) is 2.82. The van der Waals surface area contributed by atoms with Crippen LogP contribution in [0.1, 0.15) is 29.3 Å². The molecule has 2 aromatic heterocycles. The van der Waals surface area contributed by atoms with Crippen molar-refractivity contribution >= 4 is 11.0 Å². The number of pyridine rings is 1. The fraction of sp³-hybridized carbons (Fsp3) is 0.120. The Morgan fingerprint density at radius 2 is 1.87 bits per heavy atom. The quantitative estimate of drug-likeness (QED) is 0.398. The molecule has 0 bridgehead atoms. The van der Waals surface area contributed by atoms with Crippen LogP contribution in [0, 0.1) is 30.6 Å².